The smallest absolute Gasteiger partial charge is 0.253 e. The second-order valence-electron chi connectivity index (χ2n) is 7.21. The molecule has 0 atom stereocenters. The highest BCUT2D eigenvalue weighted by molar-refractivity contribution is 5.94. The Morgan fingerprint density at radius 3 is 2.67 bits per heavy atom. The first-order valence-electron chi connectivity index (χ1n) is 9.97. The number of anilines is 2. The van der Waals surface area contributed by atoms with E-state index in [0.717, 1.165) is 48.7 Å². The van der Waals surface area contributed by atoms with Gasteiger partial charge >= 0.3 is 0 Å². The summed E-state index contributed by atoms with van der Waals surface area (Å²) in [5, 5.41) is 3.64. The molecule has 3 heterocycles. The third-order valence-corrected chi connectivity index (χ3v) is 5.16. The maximum absolute atomic E-state index is 12.0. The molecular weight excluding hydrogens is 378 g/mol. The van der Waals surface area contributed by atoms with Gasteiger partial charge in [0.15, 0.2) is 0 Å². The lowest BCUT2D eigenvalue weighted by Gasteiger charge is -2.35. The monoisotopic (exact) mass is 403 g/mol. The van der Waals surface area contributed by atoms with E-state index < -0.39 is 0 Å². The van der Waals surface area contributed by atoms with E-state index in [9.17, 15) is 4.79 Å². The van der Waals surface area contributed by atoms with Crippen LogP contribution in [0.4, 0.5) is 11.6 Å². The standard InChI is InChI=1S/C22H25N7O/c1-2-9-24-22(30)16-7-8-20(25-14-16)29-12-10-28(11-13-29)15-19-26-18-6-4-3-5-17(18)21(23)27-19/h2-8,14H,1,9-13,15H2,(H,24,30)(H2,23,26,27). The molecule has 8 nitrogen and oxygen atoms in total. The summed E-state index contributed by atoms with van der Waals surface area (Å²) >= 11 is 0. The Bertz CT molecular complexity index is 1040. The fraction of sp³-hybridized carbons (Fsp3) is 0.273. The van der Waals surface area contributed by atoms with E-state index in [1.807, 2.05) is 30.3 Å². The average molecular weight is 403 g/mol. The number of nitrogens with zero attached hydrogens (tertiary/aromatic N) is 5. The second kappa shape index (κ2) is 8.87. The topological polar surface area (TPSA) is 100 Å². The van der Waals surface area contributed by atoms with Crippen LogP contribution in [0.2, 0.25) is 0 Å². The molecule has 2 aromatic heterocycles. The summed E-state index contributed by atoms with van der Waals surface area (Å²) < 4.78 is 0. The zero-order valence-corrected chi connectivity index (χ0v) is 16.8. The Balaban J connectivity index is 1.35. The molecule has 0 saturated carbocycles. The quantitative estimate of drug-likeness (QED) is 0.606. The number of amides is 1. The Hall–Kier alpha value is -3.52. The van der Waals surface area contributed by atoms with E-state index in [4.69, 9.17) is 5.73 Å². The van der Waals surface area contributed by atoms with Crippen molar-refractivity contribution in [2.24, 2.45) is 0 Å². The van der Waals surface area contributed by atoms with E-state index in [-0.39, 0.29) is 5.91 Å². The van der Waals surface area contributed by atoms with Crippen molar-refractivity contribution in [2.45, 2.75) is 6.54 Å². The Kier molecular flexibility index (Phi) is 5.85. The first kappa shape index (κ1) is 19.8. The highest BCUT2D eigenvalue weighted by Gasteiger charge is 2.19. The molecule has 154 valence electrons. The molecule has 1 aliphatic heterocycles. The Morgan fingerprint density at radius 2 is 1.93 bits per heavy atom. The summed E-state index contributed by atoms with van der Waals surface area (Å²) in [6.45, 7) is 8.14. The molecule has 1 saturated heterocycles. The maximum atomic E-state index is 12.0. The summed E-state index contributed by atoms with van der Waals surface area (Å²) in [5.41, 5.74) is 7.52. The number of hydrogen-bond donors (Lipinski definition) is 2. The minimum Gasteiger partial charge on any atom is -0.383 e. The average Bonchev–Trinajstić information content (AvgIpc) is 2.78. The van der Waals surface area contributed by atoms with Crippen LogP contribution in [-0.2, 0) is 6.54 Å². The second-order valence-corrected chi connectivity index (χ2v) is 7.21. The fourth-order valence-corrected chi connectivity index (χ4v) is 3.53. The Morgan fingerprint density at radius 1 is 1.13 bits per heavy atom. The number of pyridine rings is 1. The van der Waals surface area contributed by atoms with Crippen LogP contribution in [-0.4, -0.2) is 58.5 Å². The van der Waals surface area contributed by atoms with Gasteiger partial charge in [0.1, 0.15) is 17.5 Å². The molecule has 30 heavy (non-hydrogen) atoms. The van der Waals surface area contributed by atoms with Crippen molar-refractivity contribution in [3.8, 4) is 0 Å². The van der Waals surface area contributed by atoms with E-state index in [0.29, 0.717) is 24.5 Å². The first-order valence-corrected chi connectivity index (χ1v) is 9.97. The summed E-state index contributed by atoms with van der Waals surface area (Å²) in [6.07, 6.45) is 3.27. The van der Waals surface area contributed by atoms with Crippen molar-refractivity contribution in [3.05, 3.63) is 66.6 Å². The van der Waals surface area contributed by atoms with Gasteiger partial charge in [-0.25, -0.2) is 15.0 Å². The van der Waals surface area contributed by atoms with Crippen LogP contribution in [0.3, 0.4) is 0 Å². The lowest BCUT2D eigenvalue weighted by molar-refractivity contribution is 0.0957. The van der Waals surface area contributed by atoms with Gasteiger partial charge in [0.25, 0.3) is 5.91 Å². The van der Waals surface area contributed by atoms with Gasteiger partial charge in [-0.15, -0.1) is 6.58 Å². The van der Waals surface area contributed by atoms with Crippen LogP contribution in [0.15, 0.2) is 55.3 Å². The molecule has 0 radical (unpaired) electrons. The molecule has 1 aliphatic rings. The molecule has 0 aliphatic carbocycles. The van der Waals surface area contributed by atoms with Crippen LogP contribution in [0.1, 0.15) is 16.2 Å². The Labute approximate surface area is 175 Å². The van der Waals surface area contributed by atoms with Gasteiger partial charge in [-0.05, 0) is 24.3 Å². The number of carbonyl (C=O) groups excluding carboxylic acids is 1. The minimum atomic E-state index is -0.145. The highest BCUT2D eigenvalue weighted by Crippen LogP contribution is 2.19. The number of nitrogens with two attached hydrogens (primary N) is 1. The number of fused-ring (bicyclic) bond motifs is 1. The van der Waals surface area contributed by atoms with Gasteiger partial charge in [0.2, 0.25) is 0 Å². The third-order valence-electron chi connectivity index (χ3n) is 5.16. The van der Waals surface area contributed by atoms with E-state index >= 15 is 0 Å². The molecule has 1 amide bonds. The SMILES string of the molecule is C=CCNC(=O)c1ccc(N2CCN(Cc3nc(N)c4ccccc4n3)CC2)nc1. The van der Waals surface area contributed by atoms with Crippen molar-refractivity contribution < 1.29 is 4.79 Å². The molecular formula is C22H25N7O. The molecule has 4 rings (SSSR count). The van der Waals surface area contributed by atoms with Crippen molar-refractivity contribution in [1.82, 2.24) is 25.2 Å². The van der Waals surface area contributed by atoms with Crippen molar-refractivity contribution in [1.29, 1.82) is 0 Å². The molecule has 0 spiro atoms. The van der Waals surface area contributed by atoms with Crippen LogP contribution < -0.4 is 16.0 Å². The highest BCUT2D eigenvalue weighted by atomic mass is 16.1. The number of nitrogen functional groups attached to an aromatic ring is 1. The number of carbonyl (C=O) groups is 1. The van der Waals surface area contributed by atoms with Crippen LogP contribution in [0.5, 0.6) is 0 Å². The number of para-hydroxylation sites is 1. The number of rotatable bonds is 6. The van der Waals surface area contributed by atoms with Gasteiger partial charge in [0, 0.05) is 44.3 Å². The molecule has 1 fully saturated rings. The molecule has 3 aromatic rings. The van der Waals surface area contributed by atoms with Gasteiger partial charge < -0.3 is 16.0 Å². The van der Waals surface area contributed by atoms with Gasteiger partial charge in [-0.3, -0.25) is 9.69 Å². The van der Waals surface area contributed by atoms with Gasteiger partial charge in [0.05, 0.1) is 17.6 Å². The normalized spacial score (nSPS) is 14.6. The van der Waals surface area contributed by atoms with Crippen LogP contribution >= 0.6 is 0 Å². The van der Waals surface area contributed by atoms with E-state index in [1.165, 1.54) is 0 Å². The van der Waals surface area contributed by atoms with Crippen molar-refractivity contribution in [2.75, 3.05) is 43.4 Å². The molecule has 8 heteroatoms. The van der Waals surface area contributed by atoms with Crippen LogP contribution in [0, 0.1) is 0 Å². The molecule has 0 bridgehead atoms. The predicted molar refractivity (Wildman–Crippen MR) is 118 cm³/mol. The number of benzene rings is 1. The van der Waals surface area contributed by atoms with E-state index in [2.05, 4.69) is 36.6 Å². The zero-order chi connectivity index (χ0) is 20.9. The maximum Gasteiger partial charge on any atom is 0.253 e. The largest absolute Gasteiger partial charge is 0.383 e. The first-order chi connectivity index (χ1) is 14.6. The lowest BCUT2D eigenvalue weighted by Crippen LogP contribution is -2.46. The van der Waals surface area contributed by atoms with Crippen molar-refractivity contribution in [3.63, 3.8) is 0 Å². The predicted octanol–water partition coefficient (Wildman–Crippen LogP) is 1.84. The number of hydrogen-bond acceptors (Lipinski definition) is 7. The number of nitrogens with one attached hydrogen (secondary N) is 1. The van der Waals surface area contributed by atoms with Crippen molar-refractivity contribution >= 4 is 28.4 Å². The third kappa shape index (κ3) is 4.38. The summed E-state index contributed by atoms with van der Waals surface area (Å²) in [7, 11) is 0. The number of piperazine rings is 1. The fourth-order valence-electron chi connectivity index (χ4n) is 3.53. The minimum absolute atomic E-state index is 0.145. The summed E-state index contributed by atoms with van der Waals surface area (Å²) in [4.78, 5) is 30.1. The van der Waals surface area contributed by atoms with Crippen LogP contribution in [0.25, 0.3) is 10.9 Å². The number of aromatic nitrogens is 3. The van der Waals surface area contributed by atoms with Gasteiger partial charge in [-0.2, -0.15) is 0 Å². The summed E-state index contributed by atoms with van der Waals surface area (Å²) in [5.74, 6) is 2.00. The van der Waals surface area contributed by atoms with Gasteiger partial charge in [-0.1, -0.05) is 18.2 Å². The summed E-state index contributed by atoms with van der Waals surface area (Å²) in [6, 6.07) is 11.5. The zero-order valence-electron chi connectivity index (χ0n) is 16.8. The molecule has 1 aromatic carbocycles. The molecule has 0 unspecified atom stereocenters. The van der Waals surface area contributed by atoms with E-state index in [1.54, 1.807) is 18.3 Å². The lowest BCUT2D eigenvalue weighted by atomic mass is 10.2. The molecule has 3 N–H and O–H groups in total.